The van der Waals surface area contributed by atoms with Gasteiger partial charge in [-0.2, -0.15) is 0 Å². The first kappa shape index (κ1) is 14.9. The zero-order valence-corrected chi connectivity index (χ0v) is 13.1. The van der Waals surface area contributed by atoms with Crippen molar-refractivity contribution in [3.05, 3.63) is 42.9 Å². The molecule has 0 saturated heterocycles. The average molecular weight is 312 g/mol. The molecular weight excluding hydrogens is 296 g/mol. The van der Waals surface area contributed by atoms with E-state index in [-0.39, 0.29) is 0 Å². The van der Waals surface area contributed by atoms with Crippen molar-refractivity contribution in [2.24, 2.45) is 0 Å². The summed E-state index contributed by atoms with van der Waals surface area (Å²) in [6, 6.07) is 7.45. The molecule has 23 heavy (non-hydrogen) atoms. The molecule has 0 fully saturated rings. The Morgan fingerprint density at radius 2 is 1.65 bits per heavy atom. The van der Waals surface area contributed by atoms with Gasteiger partial charge in [0.1, 0.15) is 0 Å². The third-order valence-corrected chi connectivity index (χ3v) is 3.47. The van der Waals surface area contributed by atoms with Gasteiger partial charge in [-0.3, -0.25) is 4.98 Å². The van der Waals surface area contributed by atoms with Crippen LogP contribution < -0.4 is 14.2 Å². The van der Waals surface area contributed by atoms with Gasteiger partial charge in [-0.05, 0) is 18.2 Å². The third-order valence-electron chi connectivity index (χ3n) is 3.47. The lowest BCUT2D eigenvalue weighted by Crippen LogP contribution is -1.95. The number of benzene rings is 1. The highest BCUT2D eigenvalue weighted by molar-refractivity contribution is 5.80. The monoisotopic (exact) mass is 312 g/mol. The van der Waals surface area contributed by atoms with Crippen molar-refractivity contribution in [2.75, 3.05) is 21.3 Å². The predicted molar refractivity (Wildman–Crippen MR) is 84.8 cm³/mol. The molecule has 6 heteroatoms. The number of aromatic nitrogens is 2. The molecule has 0 saturated carbocycles. The Balaban J connectivity index is 2.15. The van der Waals surface area contributed by atoms with Crippen molar-refractivity contribution in [1.82, 2.24) is 10.1 Å². The molecular formula is C17H16N2O4. The van der Waals surface area contributed by atoms with E-state index in [2.05, 4.69) is 10.1 Å². The Bertz CT molecular complexity index is 774. The summed E-state index contributed by atoms with van der Waals surface area (Å²) in [6.45, 7) is 0. The van der Waals surface area contributed by atoms with Crippen LogP contribution in [0.15, 0.2) is 47.4 Å². The molecule has 0 bridgehead atoms. The molecule has 2 aromatic heterocycles. The normalized spacial score (nSPS) is 10.4. The average Bonchev–Trinajstić information content (AvgIpc) is 3.10. The Labute approximate surface area is 133 Å². The zero-order valence-electron chi connectivity index (χ0n) is 13.1. The lowest BCUT2D eigenvalue weighted by atomic mass is 10.0. The second-order valence-electron chi connectivity index (χ2n) is 4.72. The maximum absolute atomic E-state index is 5.45. The van der Waals surface area contributed by atoms with Gasteiger partial charge in [0.2, 0.25) is 5.75 Å². The van der Waals surface area contributed by atoms with Gasteiger partial charge in [-0.25, -0.2) is 0 Å². The van der Waals surface area contributed by atoms with E-state index in [1.165, 1.54) is 0 Å². The highest BCUT2D eigenvalue weighted by Crippen LogP contribution is 2.43. The molecule has 0 N–H and O–H groups in total. The zero-order chi connectivity index (χ0) is 16.2. The van der Waals surface area contributed by atoms with E-state index in [1.807, 2.05) is 24.3 Å². The van der Waals surface area contributed by atoms with Crippen LogP contribution >= 0.6 is 0 Å². The number of hydrogen-bond acceptors (Lipinski definition) is 6. The molecule has 6 nitrogen and oxygen atoms in total. The summed E-state index contributed by atoms with van der Waals surface area (Å²) in [5.74, 6) is 2.24. The topological polar surface area (TPSA) is 66.6 Å². The Morgan fingerprint density at radius 3 is 2.22 bits per heavy atom. The van der Waals surface area contributed by atoms with E-state index in [0.29, 0.717) is 23.0 Å². The van der Waals surface area contributed by atoms with Crippen molar-refractivity contribution < 1.29 is 18.7 Å². The van der Waals surface area contributed by atoms with Crippen LogP contribution in [0.25, 0.3) is 22.5 Å². The molecule has 0 unspecified atom stereocenters. The van der Waals surface area contributed by atoms with E-state index in [0.717, 1.165) is 16.7 Å². The second kappa shape index (κ2) is 6.39. The van der Waals surface area contributed by atoms with Crippen LogP contribution in [0.4, 0.5) is 0 Å². The first-order valence-electron chi connectivity index (χ1n) is 6.94. The summed E-state index contributed by atoms with van der Waals surface area (Å²) in [4.78, 5) is 4.13. The maximum Gasteiger partial charge on any atom is 0.203 e. The van der Waals surface area contributed by atoms with Gasteiger partial charge in [0.15, 0.2) is 17.3 Å². The van der Waals surface area contributed by atoms with E-state index in [1.54, 1.807) is 39.9 Å². The smallest absolute Gasteiger partial charge is 0.203 e. The summed E-state index contributed by atoms with van der Waals surface area (Å²) in [7, 11) is 4.71. The van der Waals surface area contributed by atoms with E-state index in [4.69, 9.17) is 18.7 Å². The van der Waals surface area contributed by atoms with Gasteiger partial charge in [0.05, 0.1) is 33.1 Å². The third kappa shape index (κ3) is 2.70. The lowest BCUT2D eigenvalue weighted by molar-refractivity contribution is 0.324. The number of pyridine rings is 1. The van der Waals surface area contributed by atoms with Crippen LogP contribution in [-0.2, 0) is 0 Å². The number of nitrogens with zero attached hydrogens (tertiary/aromatic N) is 2. The Morgan fingerprint density at radius 1 is 0.913 bits per heavy atom. The molecule has 0 radical (unpaired) electrons. The van der Waals surface area contributed by atoms with Crippen molar-refractivity contribution in [3.8, 4) is 39.7 Å². The highest BCUT2D eigenvalue weighted by Gasteiger charge is 2.19. The summed E-state index contributed by atoms with van der Waals surface area (Å²) in [5, 5.41) is 3.91. The van der Waals surface area contributed by atoms with E-state index >= 15 is 0 Å². The highest BCUT2D eigenvalue weighted by atomic mass is 16.5. The fourth-order valence-electron chi connectivity index (χ4n) is 2.39. The second-order valence-corrected chi connectivity index (χ2v) is 4.72. The first-order valence-corrected chi connectivity index (χ1v) is 6.94. The largest absolute Gasteiger partial charge is 0.493 e. The fourth-order valence-corrected chi connectivity index (χ4v) is 2.39. The minimum absolute atomic E-state index is 0.529. The number of rotatable bonds is 5. The summed E-state index contributed by atoms with van der Waals surface area (Å²) in [5.41, 5.74) is 2.53. The summed E-state index contributed by atoms with van der Waals surface area (Å²) >= 11 is 0. The van der Waals surface area contributed by atoms with Crippen molar-refractivity contribution in [1.29, 1.82) is 0 Å². The molecule has 1 aromatic carbocycles. The van der Waals surface area contributed by atoms with Crippen LogP contribution in [-0.4, -0.2) is 31.5 Å². The SMILES string of the molecule is COc1cc(-c2oncc2-c2cccnc2)cc(OC)c1OC. The van der Waals surface area contributed by atoms with E-state index < -0.39 is 0 Å². The van der Waals surface area contributed by atoms with Gasteiger partial charge < -0.3 is 18.7 Å². The molecule has 0 spiro atoms. The molecule has 0 atom stereocenters. The standard InChI is InChI=1S/C17H16N2O4/c1-20-14-7-12(8-15(21-2)17(14)22-3)16-13(10-19-23-16)11-5-4-6-18-9-11/h4-10H,1-3H3. The summed E-state index contributed by atoms with van der Waals surface area (Å²) in [6.07, 6.45) is 5.14. The molecule has 3 rings (SSSR count). The van der Waals surface area contributed by atoms with Crippen LogP contribution in [0.3, 0.4) is 0 Å². The summed E-state index contributed by atoms with van der Waals surface area (Å²) < 4.78 is 21.6. The number of ether oxygens (including phenoxy) is 3. The van der Waals surface area contributed by atoms with Gasteiger partial charge in [-0.15, -0.1) is 0 Å². The van der Waals surface area contributed by atoms with Crippen molar-refractivity contribution >= 4 is 0 Å². The minimum Gasteiger partial charge on any atom is -0.493 e. The van der Waals surface area contributed by atoms with E-state index in [9.17, 15) is 0 Å². The van der Waals surface area contributed by atoms with Gasteiger partial charge >= 0.3 is 0 Å². The van der Waals surface area contributed by atoms with Gasteiger partial charge in [-0.1, -0.05) is 11.2 Å². The van der Waals surface area contributed by atoms with Crippen molar-refractivity contribution in [3.63, 3.8) is 0 Å². The molecule has 0 aliphatic carbocycles. The maximum atomic E-state index is 5.45. The van der Waals surface area contributed by atoms with Crippen LogP contribution in [0.5, 0.6) is 17.2 Å². The van der Waals surface area contributed by atoms with Gasteiger partial charge in [0.25, 0.3) is 0 Å². The van der Waals surface area contributed by atoms with Crippen LogP contribution in [0.2, 0.25) is 0 Å². The molecule has 0 aliphatic heterocycles. The molecule has 0 amide bonds. The predicted octanol–water partition coefficient (Wildman–Crippen LogP) is 3.43. The molecule has 3 aromatic rings. The lowest BCUT2D eigenvalue weighted by Gasteiger charge is -2.13. The quantitative estimate of drug-likeness (QED) is 0.719. The number of hydrogen-bond donors (Lipinski definition) is 0. The minimum atomic E-state index is 0.529. The molecule has 2 heterocycles. The van der Waals surface area contributed by atoms with Crippen LogP contribution in [0.1, 0.15) is 0 Å². The fraction of sp³-hybridized carbons (Fsp3) is 0.176. The molecule has 118 valence electrons. The Kier molecular flexibility index (Phi) is 4.14. The van der Waals surface area contributed by atoms with Crippen LogP contribution in [0, 0.1) is 0 Å². The van der Waals surface area contributed by atoms with Crippen molar-refractivity contribution in [2.45, 2.75) is 0 Å². The van der Waals surface area contributed by atoms with Gasteiger partial charge in [0, 0.05) is 23.5 Å². The first-order chi connectivity index (χ1) is 11.3. The number of methoxy groups -OCH3 is 3. The Hall–Kier alpha value is -3.02. The molecule has 0 aliphatic rings.